The van der Waals surface area contributed by atoms with Crippen LogP contribution in [0.4, 0.5) is 5.95 Å². The summed E-state index contributed by atoms with van der Waals surface area (Å²) in [4.78, 5) is 24.0. The molecule has 0 atom stereocenters. The summed E-state index contributed by atoms with van der Waals surface area (Å²) in [5.74, 6) is 0.858. The van der Waals surface area contributed by atoms with E-state index in [-0.39, 0.29) is 5.56 Å². The monoisotopic (exact) mass is 308 g/mol. The van der Waals surface area contributed by atoms with E-state index in [9.17, 15) is 4.79 Å². The number of nitrogens with zero attached hydrogens (tertiary/aromatic N) is 5. The van der Waals surface area contributed by atoms with Crippen LogP contribution < -0.4 is 15.8 Å². The third-order valence-corrected chi connectivity index (χ3v) is 4.55. The number of imidazole rings is 1. The molecule has 0 saturated carbocycles. The molecule has 7 nitrogen and oxygen atoms in total. The molecule has 0 aliphatic carbocycles. The molecular weight excluding hydrogens is 288 g/mol. The Bertz CT molecular complexity index is 716. The lowest BCUT2D eigenvalue weighted by Crippen LogP contribution is -2.44. The zero-order valence-electron chi connectivity index (χ0n) is 12.6. The van der Waals surface area contributed by atoms with E-state index < -0.39 is 0 Å². The highest BCUT2D eigenvalue weighted by atomic mass is 32.2. The van der Waals surface area contributed by atoms with Crippen LogP contribution in [0.3, 0.4) is 0 Å². The third-order valence-electron chi connectivity index (χ3n) is 3.82. The first kappa shape index (κ1) is 14.4. The predicted octanol–water partition coefficient (Wildman–Crippen LogP) is 0.281. The fourth-order valence-corrected chi connectivity index (χ4v) is 3.25. The van der Waals surface area contributed by atoms with Gasteiger partial charge in [0.25, 0.3) is 5.56 Å². The number of hydrogen-bond acceptors (Lipinski definition) is 6. The number of rotatable bonds is 3. The van der Waals surface area contributed by atoms with Crippen molar-refractivity contribution in [3.05, 3.63) is 10.4 Å². The minimum Gasteiger partial charge on any atom is -0.340 e. The summed E-state index contributed by atoms with van der Waals surface area (Å²) >= 11 is 1.46. The molecule has 0 aromatic carbocycles. The van der Waals surface area contributed by atoms with Gasteiger partial charge in [-0.2, -0.15) is 4.98 Å². The van der Waals surface area contributed by atoms with Gasteiger partial charge < -0.3 is 14.8 Å². The maximum absolute atomic E-state index is 12.6. The Morgan fingerprint density at radius 2 is 2.00 bits per heavy atom. The first-order chi connectivity index (χ1) is 10.2. The molecule has 1 saturated heterocycles. The van der Waals surface area contributed by atoms with E-state index in [1.165, 1.54) is 11.8 Å². The maximum atomic E-state index is 12.6. The molecule has 1 fully saturated rings. The van der Waals surface area contributed by atoms with Gasteiger partial charge in [0.15, 0.2) is 16.3 Å². The second-order valence-corrected chi connectivity index (χ2v) is 5.80. The van der Waals surface area contributed by atoms with Gasteiger partial charge in [-0.3, -0.25) is 9.36 Å². The van der Waals surface area contributed by atoms with Crippen molar-refractivity contribution in [1.29, 1.82) is 0 Å². The molecule has 0 spiro atoms. The molecule has 21 heavy (non-hydrogen) atoms. The van der Waals surface area contributed by atoms with Gasteiger partial charge in [0.2, 0.25) is 5.95 Å². The lowest BCUT2D eigenvalue weighted by molar-refractivity contribution is 0.569. The number of aryl methyl sites for hydroxylation is 1. The summed E-state index contributed by atoms with van der Waals surface area (Å²) in [6.45, 7) is 6.43. The van der Waals surface area contributed by atoms with Crippen LogP contribution >= 0.6 is 11.8 Å². The standard InChI is InChI=1S/C13H20N6OS/c1-4-19-9-10(16-13(21-3)17(2)11(9)20)15-12(19)18-7-5-14-6-8-18/h14H,4-8H2,1-3H3. The molecular formula is C13H20N6OS. The second kappa shape index (κ2) is 5.69. The number of thioether (sulfide) groups is 1. The Morgan fingerprint density at radius 1 is 1.29 bits per heavy atom. The molecule has 3 heterocycles. The Hall–Kier alpha value is -1.54. The molecule has 0 radical (unpaired) electrons. The Morgan fingerprint density at radius 3 is 2.62 bits per heavy atom. The van der Waals surface area contributed by atoms with Gasteiger partial charge in [-0.05, 0) is 13.2 Å². The molecule has 1 N–H and O–H groups in total. The van der Waals surface area contributed by atoms with E-state index in [4.69, 9.17) is 0 Å². The average Bonchev–Trinajstić information content (AvgIpc) is 2.90. The van der Waals surface area contributed by atoms with E-state index in [0.29, 0.717) is 22.9 Å². The predicted molar refractivity (Wildman–Crippen MR) is 85.3 cm³/mol. The number of nitrogens with one attached hydrogen (secondary N) is 1. The van der Waals surface area contributed by atoms with Crippen molar-refractivity contribution < 1.29 is 0 Å². The first-order valence-corrected chi connectivity index (χ1v) is 8.36. The summed E-state index contributed by atoms with van der Waals surface area (Å²) in [5.41, 5.74) is 1.13. The van der Waals surface area contributed by atoms with Crippen molar-refractivity contribution in [3.8, 4) is 0 Å². The highest BCUT2D eigenvalue weighted by Crippen LogP contribution is 2.21. The van der Waals surface area contributed by atoms with E-state index in [1.807, 2.05) is 17.7 Å². The van der Waals surface area contributed by atoms with Gasteiger partial charge in [-0.15, -0.1) is 0 Å². The van der Waals surface area contributed by atoms with Gasteiger partial charge in [0, 0.05) is 39.8 Å². The van der Waals surface area contributed by atoms with Gasteiger partial charge in [0.1, 0.15) is 0 Å². The summed E-state index contributed by atoms with van der Waals surface area (Å²) in [7, 11) is 1.76. The van der Waals surface area contributed by atoms with Crippen molar-refractivity contribution in [2.75, 3.05) is 37.3 Å². The SMILES string of the molecule is CCn1c(N2CCNCC2)nc2nc(SC)n(C)c(=O)c21. The number of piperazine rings is 1. The highest BCUT2D eigenvalue weighted by Gasteiger charge is 2.22. The smallest absolute Gasteiger partial charge is 0.280 e. The van der Waals surface area contributed by atoms with Gasteiger partial charge in [-0.1, -0.05) is 11.8 Å². The van der Waals surface area contributed by atoms with Gasteiger partial charge in [0.05, 0.1) is 0 Å². The fourth-order valence-electron chi connectivity index (χ4n) is 2.72. The van der Waals surface area contributed by atoms with E-state index in [0.717, 1.165) is 32.1 Å². The molecule has 3 rings (SSSR count). The van der Waals surface area contributed by atoms with Crippen LogP contribution in [-0.2, 0) is 13.6 Å². The summed E-state index contributed by atoms with van der Waals surface area (Å²) in [6, 6.07) is 0. The van der Waals surface area contributed by atoms with Crippen LogP contribution in [0, 0.1) is 0 Å². The minimum atomic E-state index is -0.0277. The molecule has 0 amide bonds. The molecule has 1 aliphatic heterocycles. The normalized spacial score (nSPS) is 15.9. The van der Waals surface area contributed by atoms with Crippen molar-refractivity contribution >= 4 is 28.9 Å². The lowest BCUT2D eigenvalue weighted by atomic mass is 10.4. The molecule has 2 aromatic heterocycles. The van der Waals surface area contributed by atoms with Crippen molar-refractivity contribution in [2.45, 2.75) is 18.6 Å². The first-order valence-electron chi connectivity index (χ1n) is 7.14. The maximum Gasteiger partial charge on any atom is 0.280 e. The highest BCUT2D eigenvalue weighted by molar-refractivity contribution is 7.98. The molecule has 1 aliphatic rings. The van der Waals surface area contributed by atoms with E-state index in [1.54, 1.807) is 11.6 Å². The molecule has 2 aromatic rings. The summed E-state index contributed by atoms with van der Waals surface area (Å²) in [6.07, 6.45) is 1.92. The number of anilines is 1. The zero-order chi connectivity index (χ0) is 15.0. The number of aromatic nitrogens is 4. The molecule has 0 unspecified atom stereocenters. The van der Waals surface area contributed by atoms with Crippen LogP contribution in [0.2, 0.25) is 0 Å². The minimum absolute atomic E-state index is 0.0277. The van der Waals surface area contributed by atoms with Crippen LogP contribution in [0.15, 0.2) is 9.95 Å². The Balaban J connectivity index is 2.22. The third kappa shape index (κ3) is 2.32. The zero-order valence-corrected chi connectivity index (χ0v) is 13.4. The topological polar surface area (TPSA) is 68.0 Å². The summed E-state index contributed by atoms with van der Waals surface area (Å²) in [5, 5.41) is 4.03. The number of fused-ring (bicyclic) bond motifs is 1. The van der Waals surface area contributed by atoms with Crippen LogP contribution in [0.1, 0.15) is 6.92 Å². The van der Waals surface area contributed by atoms with E-state index >= 15 is 0 Å². The van der Waals surface area contributed by atoms with Crippen LogP contribution in [0.25, 0.3) is 11.2 Å². The average molecular weight is 308 g/mol. The number of hydrogen-bond donors (Lipinski definition) is 1. The molecule has 0 bridgehead atoms. The van der Waals surface area contributed by atoms with Gasteiger partial charge >= 0.3 is 0 Å². The quantitative estimate of drug-likeness (QED) is 0.649. The largest absolute Gasteiger partial charge is 0.340 e. The Labute approximate surface area is 127 Å². The lowest BCUT2D eigenvalue weighted by Gasteiger charge is -2.28. The Kier molecular flexibility index (Phi) is 3.90. The van der Waals surface area contributed by atoms with Crippen LogP contribution in [0.5, 0.6) is 0 Å². The second-order valence-electron chi connectivity index (χ2n) is 5.03. The molecule has 114 valence electrons. The van der Waals surface area contributed by atoms with Crippen molar-refractivity contribution in [2.24, 2.45) is 7.05 Å². The van der Waals surface area contributed by atoms with Gasteiger partial charge in [-0.25, -0.2) is 4.98 Å². The van der Waals surface area contributed by atoms with E-state index in [2.05, 4.69) is 20.2 Å². The fraction of sp³-hybridized carbons (Fsp3) is 0.615. The summed E-state index contributed by atoms with van der Waals surface area (Å²) < 4.78 is 3.59. The van der Waals surface area contributed by atoms with Crippen molar-refractivity contribution in [1.82, 2.24) is 24.4 Å². The van der Waals surface area contributed by atoms with Crippen molar-refractivity contribution in [3.63, 3.8) is 0 Å². The molecule has 8 heteroatoms. The van der Waals surface area contributed by atoms with Crippen LogP contribution in [-0.4, -0.2) is 51.5 Å².